The highest BCUT2D eigenvalue weighted by Crippen LogP contribution is 2.39. The van der Waals surface area contributed by atoms with Gasteiger partial charge in [0.2, 0.25) is 5.91 Å². The number of carbonyl (C=O) groups is 2. The Kier molecular flexibility index (Phi) is 5.08. The van der Waals surface area contributed by atoms with Crippen molar-refractivity contribution >= 4 is 11.9 Å². The number of rotatable bonds is 4. The number of nitrogens with one attached hydrogen (secondary N) is 2. The third kappa shape index (κ3) is 4.09. The lowest BCUT2D eigenvalue weighted by atomic mass is 9.89. The van der Waals surface area contributed by atoms with Gasteiger partial charge in [-0.2, -0.15) is 0 Å². The van der Waals surface area contributed by atoms with Crippen LogP contribution < -0.4 is 16.4 Å². The van der Waals surface area contributed by atoms with E-state index >= 15 is 0 Å². The van der Waals surface area contributed by atoms with Gasteiger partial charge in [-0.05, 0) is 31.6 Å². The molecule has 0 radical (unpaired) electrons. The molecule has 2 rings (SSSR count). The molecule has 2 aliphatic rings. The quantitative estimate of drug-likeness (QED) is 0.730. The van der Waals surface area contributed by atoms with Crippen molar-refractivity contribution in [3.8, 4) is 0 Å². The Bertz CT molecular complexity index is 392. The minimum absolute atomic E-state index is 0.0240. The van der Waals surface area contributed by atoms with Gasteiger partial charge in [-0.25, -0.2) is 4.79 Å². The average Bonchev–Trinajstić information content (AvgIpc) is 2.83. The third-order valence-corrected chi connectivity index (χ3v) is 4.60. The van der Waals surface area contributed by atoms with Gasteiger partial charge < -0.3 is 21.1 Å². The van der Waals surface area contributed by atoms with Gasteiger partial charge >= 0.3 is 6.03 Å². The predicted octanol–water partition coefficient (Wildman–Crippen LogP) is 1.29. The number of nitrogens with two attached hydrogens (primary N) is 1. The number of amides is 3. The predicted molar refractivity (Wildman–Crippen MR) is 79.7 cm³/mol. The van der Waals surface area contributed by atoms with Crippen molar-refractivity contribution < 1.29 is 14.3 Å². The minimum atomic E-state index is -0.634. The fourth-order valence-electron chi connectivity index (χ4n) is 3.45. The van der Waals surface area contributed by atoms with Crippen molar-refractivity contribution in [1.29, 1.82) is 0 Å². The molecule has 1 aliphatic heterocycles. The molecular weight excluding hydrogens is 270 g/mol. The minimum Gasteiger partial charge on any atom is -0.375 e. The highest BCUT2D eigenvalue weighted by Gasteiger charge is 2.40. The zero-order valence-corrected chi connectivity index (χ0v) is 13.0. The molecule has 0 bridgehead atoms. The Morgan fingerprint density at radius 3 is 2.52 bits per heavy atom. The van der Waals surface area contributed by atoms with E-state index in [1.165, 1.54) is 12.8 Å². The highest BCUT2D eigenvalue weighted by atomic mass is 16.5. The first-order chi connectivity index (χ1) is 9.92. The van der Waals surface area contributed by atoms with Gasteiger partial charge in [0, 0.05) is 12.6 Å². The maximum absolute atomic E-state index is 12.1. The summed E-state index contributed by atoms with van der Waals surface area (Å²) < 4.78 is 5.95. The molecule has 0 aromatic carbocycles. The largest absolute Gasteiger partial charge is 0.375 e. The lowest BCUT2D eigenvalue weighted by Gasteiger charge is -2.38. The molecule has 0 aromatic rings. The molecule has 4 N–H and O–H groups in total. The van der Waals surface area contributed by atoms with Gasteiger partial charge in [0.25, 0.3) is 0 Å². The second-order valence-corrected chi connectivity index (χ2v) is 6.67. The van der Waals surface area contributed by atoms with E-state index in [0.29, 0.717) is 6.61 Å². The van der Waals surface area contributed by atoms with Crippen LogP contribution in [0.25, 0.3) is 0 Å². The number of carbonyl (C=O) groups excluding carboxylic acids is 2. The van der Waals surface area contributed by atoms with Crippen LogP contribution in [0.2, 0.25) is 0 Å². The van der Waals surface area contributed by atoms with Gasteiger partial charge in [0.1, 0.15) is 6.04 Å². The second-order valence-electron chi connectivity index (χ2n) is 6.67. The van der Waals surface area contributed by atoms with Crippen LogP contribution in [0.15, 0.2) is 0 Å². The van der Waals surface area contributed by atoms with Crippen molar-refractivity contribution in [2.24, 2.45) is 11.7 Å². The molecule has 3 amide bonds. The fraction of sp³-hybridized carbons (Fsp3) is 0.867. The zero-order valence-electron chi connectivity index (χ0n) is 13.0. The molecule has 21 heavy (non-hydrogen) atoms. The standard InChI is InChI=1S/C15H27N3O3/c1-10(2)12(13(16)19)18-14(20)17-11-5-8-21-15(9-11)6-3-4-7-15/h10-12H,3-9H2,1-2H3,(H2,16,19)(H2,17,18,20)/t11?,12-/m0/s1. The molecule has 1 saturated heterocycles. The topological polar surface area (TPSA) is 93.4 Å². The van der Waals surface area contributed by atoms with Crippen LogP contribution in [0.5, 0.6) is 0 Å². The monoisotopic (exact) mass is 297 g/mol. The summed E-state index contributed by atoms with van der Waals surface area (Å²) in [6.45, 7) is 4.41. The molecule has 6 nitrogen and oxygen atoms in total. The summed E-state index contributed by atoms with van der Waals surface area (Å²) in [4.78, 5) is 23.4. The van der Waals surface area contributed by atoms with Gasteiger partial charge in [-0.3, -0.25) is 4.79 Å². The maximum atomic E-state index is 12.1. The fourth-order valence-corrected chi connectivity index (χ4v) is 3.45. The van der Waals surface area contributed by atoms with E-state index in [-0.39, 0.29) is 23.6 Å². The van der Waals surface area contributed by atoms with Crippen molar-refractivity contribution in [2.45, 2.75) is 70.1 Å². The summed E-state index contributed by atoms with van der Waals surface area (Å²) in [6, 6.07) is -0.838. The van der Waals surface area contributed by atoms with Crippen molar-refractivity contribution in [3.05, 3.63) is 0 Å². The van der Waals surface area contributed by atoms with Gasteiger partial charge in [0.05, 0.1) is 5.60 Å². The normalized spacial score (nSPS) is 25.8. The van der Waals surface area contributed by atoms with Crippen LogP contribution >= 0.6 is 0 Å². The van der Waals surface area contributed by atoms with Gasteiger partial charge in [-0.1, -0.05) is 26.7 Å². The molecule has 2 fully saturated rings. The second kappa shape index (κ2) is 6.64. The number of urea groups is 1. The average molecular weight is 297 g/mol. The SMILES string of the molecule is CC(C)[C@H](NC(=O)NC1CCOC2(CCCC2)C1)C(N)=O. The van der Waals surface area contributed by atoms with Crippen LogP contribution in [0.4, 0.5) is 4.79 Å². The van der Waals surface area contributed by atoms with Crippen molar-refractivity contribution in [2.75, 3.05) is 6.61 Å². The number of primary amides is 1. The van der Waals surface area contributed by atoms with Crippen molar-refractivity contribution in [1.82, 2.24) is 10.6 Å². The molecule has 2 atom stereocenters. The molecule has 120 valence electrons. The molecule has 0 aromatic heterocycles. The molecule has 1 saturated carbocycles. The molecular formula is C15H27N3O3. The van der Waals surface area contributed by atoms with Crippen LogP contribution in [0.1, 0.15) is 52.4 Å². The third-order valence-electron chi connectivity index (χ3n) is 4.60. The van der Waals surface area contributed by atoms with E-state index in [2.05, 4.69) is 10.6 Å². The van der Waals surface area contributed by atoms with E-state index in [0.717, 1.165) is 25.7 Å². The molecule has 6 heteroatoms. The molecule has 1 heterocycles. The summed E-state index contributed by atoms with van der Waals surface area (Å²) in [7, 11) is 0. The van der Waals surface area contributed by atoms with Crippen LogP contribution in [-0.4, -0.2) is 36.2 Å². The Morgan fingerprint density at radius 1 is 1.29 bits per heavy atom. The molecule has 1 unspecified atom stereocenters. The van der Waals surface area contributed by atoms with E-state index in [4.69, 9.17) is 10.5 Å². The Morgan fingerprint density at radius 2 is 1.95 bits per heavy atom. The summed E-state index contributed by atoms with van der Waals surface area (Å²) in [5.41, 5.74) is 5.28. The van der Waals surface area contributed by atoms with Crippen LogP contribution in [0, 0.1) is 5.92 Å². The van der Waals surface area contributed by atoms with Gasteiger partial charge in [0.15, 0.2) is 0 Å². The molecule has 1 spiro atoms. The summed E-state index contributed by atoms with van der Waals surface area (Å²) in [6.07, 6.45) is 6.26. The van der Waals surface area contributed by atoms with Crippen molar-refractivity contribution in [3.63, 3.8) is 0 Å². The summed E-state index contributed by atoms with van der Waals surface area (Å²) in [5.74, 6) is -0.525. The summed E-state index contributed by atoms with van der Waals surface area (Å²) in [5, 5.41) is 5.65. The maximum Gasteiger partial charge on any atom is 0.315 e. The smallest absolute Gasteiger partial charge is 0.315 e. The van der Waals surface area contributed by atoms with E-state index in [9.17, 15) is 9.59 Å². The number of ether oxygens (including phenoxy) is 1. The Hall–Kier alpha value is -1.30. The van der Waals surface area contributed by atoms with Crippen LogP contribution in [0.3, 0.4) is 0 Å². The summed E-state index contributed by atoms with van der Waals surface area (Å²) >= 11 is 0. The lowest BCUT2D eigenvalue weighted by Crippen LogP contribution is -2.55. The first-order valence-corrected chi connectivity index (χ1v) is 7.92. The van der Waals surface area contributed by atoms with E-state index in [1.54, 1.807) is 0 Å². The van der Waals surface area contributed by atoms with E-state index in [1.807, 2.05) is 13.8 Å². The molecule has 1 aliphatic carbocycles. The highest BCUT2D eigenvalue weighted by molar-refractivity contribution is 5.86. The zero-order chi connectivity index (χ0) is 15.5. The number of hydrogen-bond donors (Lipinski definition) is 3. The van der Waals surface area contributed by atoms with Gasteiger partial charge in [-0.15, -0.1) is 0 Å². The van der Waals surface area contributed by atoms with Crippen LogP contribution in [-0.2, 0) is 9.53 Å². The Labute approximate surface area is 126 Å². The first-order valence-electron chi connectivity index (χ1n) is 7.92. The number of hydrogen-bond acceptors (Lipinski definition) is 3. The Balaban J connectivity index is 1.86. The lowest BCUT2D eigenvalue weighted by molar-refractivity contribution is -0.120. The first kappa shape index (κ1) is 16.1. The van der Waals surface area contributed by atoms with E-state index < -0.39 is 11.9 Å².